The van der Waals surface area contributed by atoms with Crippen molar-refractivity contribution in [2.24, 2.45) is 0 Å². The Labute approximate surface area is 92.3 Å². The predicted molar refractivity (Wildman–Crippen MR) is 66.8 cm³/mol. The van der Waals surface area contributed by atoms with Gasteiger partial charge in [0.05, 0.1) is 0 Å². The van der Waals surface area contributed by atoms with E-state index in [0.29, 0.717) is 0 Å². The minimum atomic E-state index is 1.18. The molecule has 0 amide bonds. The van der Waals surface area contributed by atoms with Gasteiger partial charge in [-0.15, -0.1) is 0 Å². The summed E-state index contributed by atoms with van der Waals surface area (Å²) in [6, 6.07) is 6.72. The summed E-state index contributed by atoms with van der Waals surface area (Å²) in [5.41, 5.74) is 4.17. The van der Waals surface area contributed by atoms with Crippen LogP contribution in [0.5, 0.6) is 0 Å². The summed E-state index contributed by atoms with van der Waals surface area (Å²) in [5.74, 6) is 0. The van der Waals surface area contributed by atoms with Crippen LogP contribution in [0.2, 0.25) is 0 Å². The van der Waals surface area contributed by atoms with Gasteiger partial charge in [0.15, 0.2) is 0 Å². The van der Waals surface area contributed by atoms with Crippen LogP contribution in [0.15, 0.2) is 18.2 Å². The largest absolute Gasteiger partial charge is 0.388 e. The minimum Gasteiger partial charge on any atom is -0.388 e. The zero-order valence-electron chi connectivity index (χ0n) is 9.71. The van der Waals surface area contributed by atoms with Gasteiger partial charge in [-0.1, -0.05) is 13.0 Å². The Balaban J connectivity index is 2.30. The molecule has 0 saturated carbocycles. The standard InChI is InChI=1S/C13H20N2/c1-3-8-15-9-4-5-11-6-7-12(14-2)10-13(11)15/h6-7,10,14H,3-5,8-9H2,1-2H3. The molecule has 0 aromatic heterocycles. The molecule has 1 aliphatic heterocycles. The van der Waals surface area contributed by atoms with Crippen molar-refractivity contribution < 1.29 is 0 Å². The van der Waals surface area contributed by atoms with Gasteiger partial charge in [0.2, 0.25) is 0 Å². The van der Waals surface area contributed by atoms with Gasteiger partial charge in [-0.05, 0) is 37.0 Å². The van der Waals surface area contributed by atoms with E-state index in [0.717, 1.165) is 0 Å². The summed E-state index contributed by atoms with van der Waals surface area (Å²) in [7, 11) is 1.98. The van der Waals surface area contributed by atoms with Crippen LogP contribution in [0, 0.1) is 0 Å². The predicted octanol–water partition coefficient (Wildman–Crippen LogP) is 2.89. The number of nitrogens with one attached hydrogen (secondary N) is 1. The molecule has 0 unspecified atom stereocenters. The summed E-state index contributed by atoms with van der Waals surface area (Å²) in [5, 5.41) is 3.21. The summed E-state index contributed by atoms with van der Waals surface area (Å²) in [4.78, 5) is 2.51. The lowest BCUT2D eigenvalue weighted by atomic mass is 10.0. The maximum absolute atomic E-state index is 3.21. The fourth-order valence-electron chi connectivity index (χ4n) is 2.31. The molecule has 1 aromatic rings. The molecule has 0 radical (unpaired) electrons. The van der Waals surface area contributed by atoms with E-state index >= 15 is 0 Å². The van der Waals surface area contributed by atoms with Crippen LogP contribution in [0.3, 0.4) is 0 Å². The fraction of sp³-hybridized carbons (Fsp3) is 0.538. The molecular formula is C13H20N2. The van der Waals surface area contributed by atoms with E-state index in [1.54, 1.807) is 0 Å². The molecule has 1 heterocycles. The van der Waals surface area contributed by atoms with Gasteiger partial charge in [-0.3, -0.25) is 0 Å². The molecule has 2 heteroatoms. The molecule has 0 atom stereocenters. The highest BCUT2D eigenvalue weighted by Gasteiger charge is 2.15. The van der Waals surface area contributed by atoms with Crippen LogP contribution < -0.4 is 10.2 Å². The van der Waals surface area contributed by atoms with Gasteiger partial charge in [0, 0.05) is 31.5 Å². The normalized spacial score (nSPS) is 14.9. The van der Waals surface area contributed by atoms with Gasteiger partial charge in [-0.25, -0.2) is 0 Å². The van der Waals surface area contributed by atoms with E-state index in [1.807, 2.05) is 7.05 Å². The van der Waals surface area contributed by atoms with Crippen LogP contribution in [0.25, 0.3) is 0 Å². The summed E-state index contributed by atoms with van der Waals surface area (Å²) >= 11 is 0. The average molecular weight is 204 g/mol. The number of hydrogen-bond acceptors (Lipinski definition) is 2. The number of anilines is 2. The molecule has 2 nitrogen and oxygen atoms in total. The van der Waals surface area contributed by atoms with Gasteiger partial charge >= 0.3 is 0 Å². The van der Waals surface area contributed by atoms with Crippen molar-refractivity contribution in [1.82, 2.24) is 0 Å². The van der Waals surface area contributed by atoms with E-state index in [9.17, 15) is 0 Å². The van der Waals surface area contributed by atoms with Crippen LogP contribution in [-0.4, -0.2) is 20.1 Å². The number of benzene rings is 1. The first kappa shape index (κ1) is 10.3. The first-order valence-electron chi connectivity index (χ1n) is 5.90. The van der Waals surface area contributed by atoms with Crippen molar-refractivity contribution in [2.45, 2.75) is 26.2 Å². The second-order valence-electron chi connectivity index (χ2n) is 4.18. The van der Waals surface area contributed by atoms with E-state index < -0.39 is 0 Å². The lowest BCUT2D eigenvalue weighted by molar-refractivity contribution is 0.681. The van der Waals surface area contributed by atoms with Crippen LogP contribution in [0.4, 0.5) is 11.4 Å². The van der Waals surface area contributed by atoms with Crippen LogP contribution >= 0.6 is 0 Å². The van der Waals surface area contributed by atoms with E-state index in [1.165, 1.54) is 49.3 Å². The number of hydrogen-bond donors (Lipinski definition) is 1. The SMILES string of the molecule is CCCN1CCCc2ccc(NC)cc21. The molecule has 0 saturated heterocycles. The molecule has 0 spiro atoms. The number of rotatable bonds is 3. The fourth-order valence-corrected chi connectivity index (χ4v) is 2.31. The molecule has 2 rings (SSSR count). The lowest BCUT2D eigenvalue weighted by Crippen LogP contribution is -2.30. The highest BCUT2D eigenvalue weighted by atomic mass is 15.1. The van der Waals surface area contributed by atoms with Crippen molar-refractivity contribution in [1.29, 1.82) is 0 Å². The zero-order chi connectivity index (χ0) is 10.7. The van der Waals surface area contributed by atoms with Crippen molar-refractivity contribution in [3.8, 4) is 0 Å². The summed E-state index contributed by atoms with van der Waals surface area (Å²) in [6.45, 7) is 4.64. The third-order valence-corrected chi connectivity index (χ3v) is 3.08. The van der Waals surface area contributed by atoms with Crippen LogP contribution in [-0.2, 0) is 6.42 Å². The molecule has 82 valence electrons. The molecule has 0 aliphatic carbocycles. The zero-order valence-corrected chi connectivity index (χ0v) is 9.71. The highest BCUT2D eigenvalue weighted by Crippen LogP contribution is 2.29. The van der Waals surface area contributed by atoms with Crippen LogP contribution in [0.1, 0.15) is 25.3 Å². The van der Waals surface area contributed by atoms with Crippen molar-refractivity contribution >= 4 is 11.4 Å². The monoisotopic (exact) mass is 204 g/mol. The Morgan fingerprint density at radius 2 is 2.27 bits per heavy atom. The van der Waals surface area contributed by atoms with Gasteiger partial charge in [0.25, 0.3) is 0 Å². The topological polar surface area (TPSA) is 15.3 Å². The van der Waals surface area contributed by atoms with Gasteiger partial charge in [-0.2, -0.15) is 0 Å². The maximum atomic E-state index is 3.21. The minimum absolute atomic E-state index is 1.18. The van der Waals surface area contributed by atoms with Gasteiger partial charge < -0.3 is 10.2 Å². The lowest BCUT2D eigenvalue weighted by Gasteiger charge is -2.31. The van der Waals surface area contributed by atoms with Gasteiger partial charge in [0.1, 0.15) is 0 Å². The molecule has 0 fully saturated rings. The summed E-state index contributed by atoms with van der Waals surface area (Å²) < 4.78 is 0. The quantitative estimate of drug-likeness (QED) is 0.814. The van der Waals surface area contributed by atoms with Crippen molar-refractivity contribution in [3.63, 3.8) is 0 Å². The van der Waals surface area contributed by atoms with E-state index in [2.05, 4.69) is 35.3 Å². The average Bonchev–Trinajstić information content (AvgIpc) is 2.29. The Morgan fingerprint density at radius 3 is 3.00 bits per heavy atom. The maximum Gasteiger partial charge on any atom is 0.0419 e. The smallest absolute Gasteiger partial charge is 0.0419 e. The molecule has 1 aliphatic rings. The molecule has 0 bridgehead atoms. The third kappa shape index (κ3) is 2.09. The molecule has 1 aromatic carbocycles. The number of fused-ring (bicyclic) bond motifs is 1. The Bertz CT molecular complexity index is 333. The summed E-state index contributed by atoms with van der Waals surface area (Å²) in [6.07, 6.45) is 3.76. The first-order valence-corrected chi connectivity index (χ1v) is 5.90. The van der Waals surface area contributed by atoms with E-state index in [-0.39, 0.29) is 0 Å². The Hall–Kier alpha value is -1.18. The van der Waals surface area contributed by atoms with Crippen molar-refractivity contribution in [3.05, 3.63) is 23.8 Å². The first-order chi connectivity index (χ1) is 7.35. The molecule has 15 heavy (non-hydrogen) atoms. The number of nitrogens with zero attached hydrogens (tertiary/aromatic N) is 1. The second kappa shape index (κ2) is 4.56. The third-order valence-electron chi connectivity index (χ3n) is 3.08. The Morgan fingerprint density at radius 1 is 1.40 bits per heavy atom. The molecular weight excluding hydrogens is 184 g/mol. The van der Waals surface area contributed by atoms with Crippen molar-refractivity contribution in [2.75, 3.05) is 30.4 Å². The molecule has 1 N–H and O–H groups in total. The Kier molecular flexibility index (Phi) is 3.14. The second-order valence-corrected chi connectivity index (χ2v) is 4.18. The highest BCUT2D eigenvalue weighted by molar-refractivity contribution is 5.63. The number of aryl methyl sites for hydroxylation is 1. The van der Waals surface area contributed by atoms with E-state index in [4.69, 9.17) is 0 Å².